The van der Waals surface area contributed by atoms with Gasteiger partial charge in [-0.3, -0.25) is 0 Å². The average molecular weight is 224 g/mol. The van der Waals surface area contributed by atoms with Crippen molar-refractivity contribution in [3.8, 4) is 0 Å². The molecule has 1 unspecified atom stereocenters. The Labute approximate surface area is 101 Å². The van der Waals surface area contributed by atoms with E-state index >= 15 is 0 Å². The fourth-order valence-corrected chi connectivity index (χ4v) is 3.12. The predicted molar refractivity (Wildman–Crippen MR) is 69.8 cm³/mol. The van der Waals surface area contributed by atoms with Gasteiger partial charge in [0.2, 0.25) is 0 Å². The Kier molecular flexibility index (Phi) is 4.66. The summed E-state index contributed by atoms with van der Waals surface area (Å²) >= 11 is 0. The van der Waals surface area contributed by atoms with Crippen molar-refractivity contribution in [1.82, 2.24) is 10.6 Å². The van der Waals surface area contributed by atoms with Crippen LogP contribution in [0.1, 0.15) is 64.7 Å². The van der Waals surface area contributed by atoms with Gasteiger partial charge in [0.25, 0.3) is 0 Å². The molecule has 1 heterocycles. The molecule has 0 aromatic rings. The Balaban J connectivity index is 1.72. The van der Waals surface area contributed by atoms with Crippen LogP contribution in [0.3, 0.4) is 0 Å². The van der Waals surface area contributed by atoms with Crippen LogP contribution < -0.4 is 10.6 Å². The first kappa shape index (κ1) is 12.4. The summed E-state index contributed by atoms with van der Waals surface area (Å²) in [5, 5.41) is 7.50. The van der Waals surface area contributed by atoms with Crippen molar-refractivity contribution < 1.29 is 0 Å². The maximum Gasteiger partial charge on any atom is 0.0278 e. The molecule has 2 aliphatic rings. The Hall–Kier alpha value is -0.0800. The SMILES string of the molecule is CC1(CNC2CCCCCC2)CCCCN1. The average Bonchev–Trinajstić information content (AvgIpc) is 2.56. The molecule has 0 radical (unpaired) electrons. The van der Waals surface area contributed by atoms with E-state index in [1.165, 1.54) is 64.3 Å². The van der Waals surface area contributed by atoms with E-state index in [1.54, 1.807) is 0 Å². The van der Waals surface area contributed by atoms with Crippen LogP contribution in [0.25, 0.3) is 0 Å². The molecular weight excluding hydrogens is 196 g/mol. The molecule has 2 N–H and O–H groups in total. The van der Waals surface area contributed by atoms with Crippen LogP contribution in [0.15, 0.2) is 0 Å². The summed E-state index contributed by atoms with van der Waals surface area (Å²) in [5.74, 6) is 0. The molecule has 1 saturated carbocycles. The highest BCUT2D eigenvalue weighted by Gasteiger charge is 2.26. The van der Waals surface area contributed by atoms with Crippen LogP contribution in [-0.4, -0.2) is 24.7 Å². The molecule has 0 aromatic carbocycles. The molecule has 0 amide bonds. The van der Waals surface area contributed by atoms with E-state index in [-0.39, 0.29) is 0 Å². The van der Waals surface area contributed by atoms with Crippen LogP contribution in [0.5, 0.6) is 0 Å². The summed E-state index contributed by atoms with van der Waals surface area (Å²) in [5.41, 5.74) is 0.366. The number of piperidine rings is 1. The molecular formula is C14H28N2. The van der Waals surface area contributed by atoms with Crippen molar-refractivity contribution in [3.63, 3.8) is 0 Å². The first-order valence-electron chi connectivity index (χ1n) is 7.27. The van der Waals surface area contributed by atoms with Gasteiger partial charge in [0, 0.05) is 18.1 Å². The third-order valence-corrected chi connectivity index (χ3v) is 4.34. The van der Waals surface area contributed by atoms with E-state index in [0.29, 0.717) is 5.54 Å². The van der Waals surface area contributed by atoms with E-state index in [4.69, 9.17) is 0 Å². The minimum Gasteiger partial charge on any atom is -0.312 e. The lowest BCUT2D eigenvalue weighted by Gasteiger charge is -2.36. The molecule has 0 spiro atoms. The topological polar surface area (TPSA) is 24.1 Å². The summed E-state index contributed by atoms with van der Waals surface area (Å²) in [6, 6.07) is 0.794. The van der Waals surface area contributed by atoms with Crippen LogP contribution in [0.4, 0.5) is 0 Å². The second-order valence-electron chi connectivity index (χ2n) is 6.01. The standard InChI is InChI=1S/C14H28N2/c1-14(10-6-7-11-16-14)12-15-13-8-4-2-3-5-9-13/h13,15-16H,2-12H2,1H3. The van der Waals surface area contributed by atoms with Gasteiger partial charge >= 0.3 is 0 Å². The first-order chi connectivity index (χ1) is 7.79. The Morgan fingerprint density at radius 2 is 1.81 bits per heavy atom. The number of rotatable bonds is 3. The summed E-state index contributed by atoms with van der Waals surface area (Å²) in [7, 11) is 0. The minimum absolute atomic E-state index is 0.366. The Morgan fingerprint density at radius 1 is 1.06 bits per heavy atom. The van der Waals surface area contributed by atoms with Gasteiger partial charge in [0.15, 0.2) is 0 Å². The van der Waals surface area contributed by atoms with Gasteiger partial charge in [0.05, 0.1) is 0 Å². The summed E-state index contributed by atoms with van der Waals surface area (Å²) in [6.07, 6.45) is 12.7. The van der Waals surface area contributed by atoms with Gasteiger partial charge in [0.1, 0.15) is 0 Å². The third-order valence-electron chi connectivity index (χ3n) is 4.34. The molecule has 1 aliphatic carbocycles. The molecule has 1 atom stereocenters. The maximum absolute atomic E-state index is 3.81. The zero-order valence-electron chi connectivity index (χ0n) is 10.9. The van der Waals surface area contributed by atoms with E-state index in [9.17, 15) is 0 Å². The first-order valence-corrected chi connectivity index (χ1v) is 7.27. The van der Waals surface area contributed by atoms with Crippen molar-refractivity contribution in [2.75, 3.05) is 13.1 Å². The van der Waals surface area contributed by atoms with Crippen molar-refractivity contribution in [2.24, 2.45) is 0 Å². The molecule has 0 bridgehead atoms. The molecule has 1 aliphatic heterocycles. The van der Waals surface area contributed by atoms with Crippen molar-refractivity contribution >= 4 is 0 Å². The van der Waals surface area contributed by atoms with E-state index < -0.39 is 0 Å². The number of hydrogen-bond donors (Lipinski definition) is 2. The monoisotopic (exact) mass is 224 g/mol. The smallest absolute Gasteiger partial charge is 0.0278 e. The van der Waals surface area contributed by atoms with Gasteiger partial charge < -0.3 is 10.6 Å². The molecule has 1 saturated heterocycles. The van der Waals surface area contributed by atoms with Crippen LogP contribution in [0, 0.1) is 0 Å². The second-order valence-corrected chi connectivity index (χ2v) is 6.01. The lowest BCUT2D eigenvalue weighted by molar-refractivity contribution is 0.253. The van der Waals surface area contributed by atoms with Crippen LogP contribution >= 0.6 is 0 Å². The quantitative estimate of drug-likeness (QED) is 0.720. The van der Waals surface area contributed by atoms with Crippen molar-refractivity contribution in [3.05, 3.63) is 0 Å². The molecule has 0 aromatic heterocycles. The van der Waals surface area contributed by atoms with E-state index in [0.717, 1.165) is 12.6 Å². The molecule has 2 rings (SSSR count). The molecule has 94 valence electrons. The highest BCUT2D eigenvalue weighted by molar-refractivity contribution is 4.89. The zero-order chi connectivity index (χ0) is 11.3. The van der Waals surface area contributed by atoms with Crippen LogP contribution in [-0.2, 0) is 0 Å². The van der Waals surface area contributed by atoms with Crippen LogP contribution in [0.2, 0.25) is 0 Å². The minimum atomic E-state index is 0.366. The van der Waals surface area contributed by atoms with E-state index in [1.807, 2.05) is 0 Å². The van der Waals surface area contributed by atoms with Gasteiger partial charge in [-0.25, -0.2) is 0 Å². The molecule has 16 heavy (non-hydrogen) atoms. The highest BCUT2D eigenvalue weighted by atomic mass is 15.0. The fourth-order valence-electron chi connectivity index (χ4n) is 3.12. The van der Waals surface area contributed by atoms with Gasteiger partial charge in [-0.15, -0.1) is 0 Å². The van der Waals surface area contributed by atoms with E-state index in [2.05, 4.69) is 17.6 Å². The largest absolute Gasteiger partial charge is 0.312 e. The number of hydrogen-bond acceptors (Lipinski definition) is 2. The molecule has 2 heteroatoms. The molecule has 2 fully saturated rings. The summed E-state index contributed by atoms with van der Waals surface area (Å²) in [4.78, 5) is 0. The zero-order valence-corrected chi connectivity index (χ0v) is 10.9. The third kappa shape index (κ3) is 3.74. The van der Waals surface area contributed by atoms with Gasteiger partial charge in [-0.1, -0.05) is 32.1 Å². The Bertz CT molecular complexity index is 189. The lowest BCUT2D eigenvalue weighted by atomic mass is 9.90. The summed E-state index contributed by atoms with van der Waals surface area (Å²) in [6.45, 7) is 4.76. The predicted octanol–water partition coefficient (Wildman–Crippen LogP) is 2.83. The second kappa shape index (κ2) is 6.02. The Morgan fingerprint density at radius 3 is 2.44 bits per heavy atom. The van der Waals surface area contributed by atoms with Crippen molar-refractivity contribution in [2.45, 2.75) is 76.3 Å². The normalized spacial score (nSPS) is 33.6. The van der Waals surface area contributed by atoms with Crippen molar-refractivity contribution in [1.29, 1.82) is 0 Å². The lowest BCUT2D eigenvalue weighted by Crippen LogP contribution is -2.54. The summed E-state index contributed by atoms with van der Waals surface area (Å²) < 4.78 is 0. The maximum atomic E-state index is 3.81. The number of nitrogens with one attached hydrogen (secondary N) is 2. The molecule has 2 nitrogen and oxygen atoms in total. The van der Waals surface area contributed by atoms with Gasteiger partial charge in [-0.2, -0.15) is 0 Å². The highest BCUT2D eigenvalue weighted by Crippen LogP contribution is 2.20. The van der Waals surface area contributed by atoms with Gasteiger partial charge in [-0.05, 0) is 39.2 Å². The fraction of sp³-hybridized carbons (Fsp3) is 1.00.